The van der Waals surface area contributed by atoms with Gasteiger partial charge < -0.3 is 9.80 Å². The Kier molecular flexibility index (Phi) is 10.0. The molecule has 0 fully saturated rings. The molecule has 284 valence electrons. The summed E-state index contributed by atoms with van der Waals surface area (Å²) in [4.78, 5) is 4.86. The van der Waals surface area contributed by atoms with E-state index in [1.807, 2.05) is 0 Å². The fourth-order valence-corrected chi connectivity index (χ4v) is 8.84. The van der Waals surface area contributed by atoms with Gasteiger partial charge in [0.1, 0.15) is 0 Å². The summed E-state index contributed by atoms with van der Waals surface area (Å²) in [5, 5.41) is 0. The first kappa shape index (κ1) is 37.0. The molecule has 8 aromatic rings. The van der Waals surface area contributed by atoms with Crippen molar-refractivity contribution in [2.24, 2.45) is 0 Å². The van der Waals surface area contributed by atoms with E-state index in [4.69, 9.17) is 0 Å². The van der Waals surface area contributed by atoms with E-state index in [0.29, 0.717) is 0 Å². The standard InChI is InChI=1S/C56H50N2/c1-5-40-16-14-22-48(36-40)57(46-28-24-44(25-29-46)42-18-10-8-11-19-42)50-32-34-52-53-35-33-51(39-55(53)56(4,7-3)54(52)38-50)58(49-23-15-17-41(6-2)37-49)47-30-26-45(27-31-47)43-20-12-9-13-21-43/h8-39H,5-7H2,1-4H3. The predicted octanol–water partition coefficient (Wildman–Crippen LogP) is 15.8. The minimum absolute atomic E-state index is 0.182. The quantitative estimate of drug-likeness (QED) is 0.130. The molecule has 0 aromatic heterocycles. The Bertz CT molecular complexity index is 2490. The molecule has 0 aliphatic heterocycles. The summed E-state index contributed by atoms with van der Waals surface area (Å²) in [6.45, 7) is 9.24. The predicted molar refractivity (Wildman–Crippen MR) is 248 cm³/mol. The zero-order valence-electron chi connectivity index (χ0n) is 34.0. The zero-order chi connectivity index (χ0) is 39.6. The van der Waals surface area contributed by atoms with Crippen molar-refractivity contribution in [3.8, 4) is 33.4 Å². The van der Waals surface area contributed by atoms with Gasteiger partial charge in [0, 0.05) is 39.5 Å². The number of anilines is 6. The van der Waals surface area contributed by atoms with E-state index in [2.05, 4.69) is 232 Å². The number of rotatable bonds is 11. The molecular weight excluding hydrogens is 701 g/mol. The number of hydrogen-bond donors (Lipinski definition) is 0. The maximum atomic E-state index is 2.47. The van der Waals surface area contributed by atoms with Crippen LogP contribution in [0.15, 0.2) is 194 Å². The van der Waals surface area contributed by atoms with Crippen LogP contribution in [-0.2, 0) is 18.3 Å². The third kappa shape index (κ3) is 6.79. The Hall–Kier alpha value is -6.64. The lowest BCUT2D eigenvalue weighted by Crippen LogP contribution is -2.21. The highest BCUT2D eigenvalue weighted by Gasteiger charge is 2.39. The van der Waals surface area contributed by atoms with E-state index in [1.54, 1.807) is 0 Å². The molecule has 0 bridgehead atoms. The molecule has 9 rings (SSSR count). The van der Waals surface area contributed by atoms with E-state index < -0.39 is 0 Å². The van der Waals surface area contributed by atoms with E-state index in [-0.39, 0.29) is 5.41 Å². The lowest BCUT2D eigenvalue weighted by atomic mass is 9.77. The van der Waals surface area contributed by atoms with Crippen LogP contribution < -0.4 is 9.80 Å². The first-order valence-corrected chi connectivity index (χ1v) is 20.9. The van der Waals surface area contributed by atoms with Crippen molar-refractivity contribution in [3.63, 3.8) is 0 Å². The number of hydrogen-bond acceptors (Lipinski definition) is 2. The lowest BCUT2D eigenvalue weighted by molar-refractivity contribution is 0.564. The third-order valence-corrected chi connectivity index (χ3v) is 12.3. The van der Waals surface area contributed by atoms with Crippen LogP contribution in [0.3, 0.4) is 0 Å². The maximum absolute atomic E-state index is 2.47. The fraction of sp³-hybridized carbons (Fsp3) is 0.143. The number of benzene rings is 8. The van der Waals surface area contributed by atoms with Crippen molar-refractivity contribution < 1.29 is 0 Å². The molecule has 0 unspecified atom stereocenters. The number of nitrogens with zero attached hydrogens (tertiary/aromatic N) is 2. The van der Waals surface area contributed by atoms with Gasteiger partial charge in [-0.2, -0.15) is 0 Å². The Morgan fingerprint density at radius 1 is 0.345 bits per heavy atom. The minimum Gasteiger partial charge on any atom is -0.310 e. The van der Waals surface area contributed by atoms with Crippen LogP contribution in [0.5, 0.6) is 0 Å². The summed E-state index contributed by atoms with van der Waals surface area (Å²) in [5.41, 5.74) is 19.7. The maximum Gasteiger partial charge on any atom is 0.0465 e. The van der Waals surface area contributed by atoms with Gasteiger partial charge in [0.05, 0.1) is 0 Å². The monoisotopic (exact) mass is 750 g/mol. The van der Waals surface area contributed by atoms with Gasteiger partial charge >= 0.3 is 0 Å². The van der Waals surface area contributed by atoms with Gasteiger partial charge in [0.2, 0.25) is 0 Å². The average molecular weight is 751 g/mol. The minimum atomic E-state index is -0.182. The first-order valence-electron chi connectivity index (χ1n) is 20.9. The molecule has 8 aromatic carbocycles. The van der Waals surface area contributed by atoms with Crippen LogP contribution in [0.4, 0.5) is 34.1 Å². The Balaban J connectivity index is 1.13. The summed E-state index contributed by atoms with van der Waals surface area (Å²) in [5.74, 6) is 0. The largest absolute Gasteiger partial charge is 0.310 e. The smallest absolute Gasteiger partial charge is 0.0465 e. The third-order valence-electron chi connectivity index (χ3n) is 12.3. The Labute approximate surface area is 344 Å². The second-order valence-electron chi connectivity index (χ2n) is 15.7. The zero-order valence-corrected chi connectivity index (χ0v) is 34.0. The van der Waals surface area contributed by atoms with E-state index in [1.165, 1.54) is 78.4 Å². The molecule has 0 amide bonds. The molecule has 0 N–H and O–H groups in total. The van der Waals surface area contributed by atoms with Crippen molar-refractivity contribution in [2.45, 2.75) is 52.4 Å². The van der Waals surface area contributed by atoms with Crippen LogP contribution in [0.1, 0.15) is 56.4 Å². The second-order valence-corrected chi connectivity index (χ2v) is 15.7. The van der Waals surface area contributed by atoms with Gasteiger partial charge in [-0.15, -0.1) is 0 Å². The molecule has 0 saturated heterocycles. The van der Waals surface area contributed by atoms with Gasteiger partial charge in [-0.05, 0) is 148 Å². The van der Waals surface area contributed by atoms with Crippen LogP contribution in [0.2, 0.25) is 0 Å². The molecule has 0 spiro atoms. The van der Waals surface area contributed by atoms with Gasteiger partial charge in [-0.25, -0.2) is 0 Å². The molecule has 0 heterocycles. The molecular formula is C56H50N2. The molecule has 1 aliphatic carbocycles. The fourth-order valence-electron chi connectivity index (χ4n) is 8.84. The summed E-state index contributed by atoms with van der Waals surface area (Å²) in [7, 11) is 0. The molecule has 1 aliphatic rings. The molecule has 58 heavy (non-hydrogen) atoms. The number of aryl methyl sites for hydroxylation is 2. The van der Waals surface area contributed by atoms with E-state index in [9.17, 15) is 0 Å². The van der Waals surface area contributed by atoms with Gasteiger partial charge in [-0.1, -0.05) is 149 Å². The highest BCUT2D eigenvalue weighted by atomic mass is 15.1. The molecule has 2 heteroatoms. The highest BCUT2D eigenvalue weighted by Crippen LogP contribution is 2.54. The van der Waals surface area contributed by atoms with Crippen molar-refractivity contribution in [1.29, 1.82) is 0 Å². The number of fused-ring (bicyclic) bond motifs is 3. The Morgan fingerprint density at radius 3 is 1.09 bits per heavy atom. The van der Waals surface area contributed by atoms with Gasteiger partial charge in [0.15, 0.2) is 0 Å². The molecule has 0 saturated carbocycles. The lowest BCUT2D eigenvalue weighted by Gasteiger charge is -2.31. The SMILES string of the molecule is CCc1cccc(N(c2ccc(-c3ccccc3)cc2)c2ccc3c(c2)C(C)(CC)c2cc(N(c4ccc(-c5ccccc5)cc4)c4cccc(CC)c4)ccc2-3)c1. The second kappa shape index (κ2) is 15.7. The van der Waals surface area contributed by atoms with Gasteiger partial charge in [-0.3, -0.25) is 0 Å². The summed E-state index contributed by atoms with van der Waals surface area (Å²) in [6.07, 6.45) is 2.96. The topological polar surface area (TPSA) is 6.48 Å². The van der Waals surface area contributed by atoms with Crippen molar-refractivity contribution in [1.82, 2.24) is 0 Å². The van der Waals surface area contributed by atoms with Crippen LogP contribution in [-0.4, -0.2) is 0 Å². The first-order chi connectivity index (χ1) is 28.5. The van der Waals surface area contributed by atoms with E-state index in [0.717, 1.165) is 30.6 Å². The highest BCUT2D eigenvalue weighted by molar-refractivity contribution is 5.89. The van der Waals surface area contributed by atoms with Gasteiger partial charge in [0.25, 0.3) is 0 Å². The van der Waals surface area contributed by atoms with Crippen LogP contribution >= 0.6 is 0 Å². The molecule has 0 atom stereocenters. The molecule has 0 radical (unpaired) electrons. The van der Waals surface area contributed by atoms with E-state index >= 15 is 0 Å². The van der Waals surface area contributed by atoms with Crippen molar-refractivity contribution in [3.05, 3.63) is 216 Å². The normalized spacial score (nSPS) is 12.5. The summed E-state index contributed by atoms with van der Waals surface area (Å²) in [6, 6.07) is 71.6. The van der Waals surface area contributed by atoms with Crippen molar-refractivity contribution in [2.75, 3.05) is 9.80 Å². The van der Waals surface area contributed by atoms with Crippen molar-refractivity contribution >= 4 is 34.1 Å². The van der Waals surface area contributed by atoms with Crippen LogP contribution in [0.25, 0.3) is 33.4 Å². The average Bonchev–Trinajstić information content (AvgIpc) is 3.54. The summed E-state index contributed by atoms with van der Waals surface area (Å²) >= 11 is 0. The van der Waals surface area contributed by atoms with Crippen LogP contribution in [0, 0.1) is 0 Å². The Morgan fingerprint density at radius 2 is 0.707 bits per heavy atom. The summed E-state index contributed by atoms with van der Waals surface area (Å²) < 4.78 is 0. The molecule has 2 nitrogen and oxygen atoms in total.